The Hall–Kier alpha value is -2.29. The number of amides is 1. The highest BCUT2D eigenvalue weighted by molar-refractivity contribution is 5.91. The van der Waals surface area contributed by atoms with Crippen molar-refractivity contribution in [2.75, 3.05) is 12.4 Å². The lowest BCUT2D eigenvalue weighted by Gasteiger charge is -2.08. The first-order valence-electron chi connectivity index (χ1n) is 7.08. The molecule has 110 valence electrons. The van der Waals surface area contributed by atoms with Gasteiger partial charge in [0.05, 0.1) is 7.11 Å². The van der Waals surface area contributed by atoms with Crippen molar-refractivity contribution in [1.82, 2.24) is 0 Å². The summed E-state index contributed by atoms with van der Waals surface area (Å²) in [4.78, 5) is 12.0. The Bertz CT molecular complexity index is 635. The van der Waals surface area contributed by atoms with Crippen LogP contribution in [-0.2, 0) is 11.2 Å². The van der Waals surface area contributed by atoms with Gasteiger partial charge in [-0.3, -0.25) is 4.79 Å². The summed E-state index contributed by atoms with van der Waals surface area (Å²) in [6, 6.07) is 13.7. The van der Waals surface area contributed by atoms with Crippen LogP contribution < -0.4 is 10.1 Å². The molecule has 0 bridgehead atoms. The average Bonchev–Trinajstić information content (AvgIpc) is 2.48. The van der Waals surface area contributed by atoms with Gasteiger partial charge >= 0.3 is 0 Å². The van der Waals surface area contributed by atoms with Gasteiger partial charge in [0.2, 0.25) is 5.91 Å². The fourth-order valence-corrected chi connectivity index (χ4v) is 2.14. The molecule has 3 heteroatoms. The van der Waals surface area contributed by atoms with Gasteiger partial charge in [-0.05, 0) is 49.1 Å². The van der Waals surface area contributed by atoms with Crippen LogP contribution in [-0.4, -0.2) is 13.0 Å². The van der Waals surface area contributed by atoms with E-state index in [2.05, 4.69) is 37.4 Å². The highest BCUT2D eigenvalue weighted by Gasteiger charge is 2.05. The minimum absolute atomic E-state index is 0.0153. The topological polar surface area (TPSA) is 38.3 Å². The molecular weight excluding hydrogens is 262 g/mol. The molecule has 0 spiro atoms. The number of methoxy groups -OCH3 is 1. The first-order valence-corrected chi connectivity index (χ1v) is 7.08. The summed E-state index contributed by atoms with van der Waals surface area (Å²) in [6.07, 6.45) is 1.22. The van der Waals surface area contributed by atoms with E-state index in [0.717, 1.165) is 17.9 Å². The van der Waals surface area contributed by atoms with Crippen molar-refractivity contribution in [3.05, 3.63) is 59.2 Å². The summed E-state index contributed by atoms with van der Waals surface area (Å²) in [6.45, 7) is 4.18. The number of carbonyl (C=O) groups is 1. The largest absolute Gasteiger partial charge is 0.497 e. The molecule has 0 aliphatic rings. The summed E-state index contributed by atoms with van der Waals surface area (Å²) < 4.78 is 5.14. The number of hydrogen-bond acceptors (Lipinski definition) is 2. The highest BCUT2D eigenvalue weighted by Crippen LogP contribution is 2.17. The van der Waals surface area contributed by atoms with E-state index in [4.69, 9.17) is 4.74 Å². The number of anilines is 1. The number of nitrogens with one attached hydrogen (secondary N) is 1. The summed E-state index contributed by atoms with van der Waals surface area (Å²) in [5.41, 5.74) is 4.50. The molecule has 0 radical (unpaired) electrons. The van der Waals surface area contributed by atoms with Gasteiger partial charge in [-0.2, -0.15) is 0 Å². The maximum absolute atomic E-state index is 12.0. The second kappa shape index (κ2) is 6.93. The first-order chi connectivity index (χ1) is 10.1. The van der Waals surface area contributed by atoms with Gasteiger partial charge in [0, 0.05) is 18.2 Å². The third-order valence-corrected chi connectivity index (χ3v) is 3.57. The molecule has 0 heterocycles. The standard InChI is InChI=1S/C18H21NO2/c1-13-7-8-15(11-14(13)2)9-10-18(20)19-16-5-4-6-17(12-16)21-3/h4-8,11-12H,9-10H2,1-3H3,(H,19,20). The Morgan fingerprint density at radius 3 is 2.62 bits per heavy atom. The van der Waals surface area contributed by atoms with E-state index >= 15 is 0 Å². The van der Waals surface area contributed by atoms with Crippen molar-refractivity contribution in [3.8, 4) is 5.75 Å². The Labute approximate surface area is 126 Å². The predicted molar refractivity (Wildman–Crippen MR) is 85.9 cm³/mol. The molecule has 2 aromatic rings. The van der Waals surface area contributed by atoms with Crippen LogP contribution in [0.5, 0.6) is 5.75 Å². The molecule has 2 aromatic carbocycles. The zero-order valence-electron chi connectivity index (χ0n) is 12.8. The Morgan fingerprint density at radius 1 is 1.10 bits per heavy atom. The average molecular weight is 283 g/mol. The zero-order chi connectivity index (χ0) is 15.2. The lowest BCUT2D eigenvalue weighted by atomic mass is 10.0. The van der Waals surface area contributed by atoms with Crippen LogP contribution in [0.15, 0.2) is 42.5 Å². The molecule has 0 atom stereocenters. The first kappa shape index (κ1) is 15.1. The number of carbonyl (C=O) groups excluding carboxylic acids is 1. The van der Waals surface area contributed by atoms with Crippen LogP contribution in [0.4, 0.5) is 5.69 Å². The van der Waals surface area contributed by atoms with E-state index in [-0.39, 0.29) is 5.91 Å². The lowest BCUT2D eigenvalue weighted by molar-refractivity contribution is -0.116. The van der Waals surface area contributed by atoms with Gasteiger partial charge < -0.3 is 10.1 Å². The van der Waals surface area contributed by atoms with Gasteiger partial charge in [0.25, 0.3) is 0 Å². The highest BCUT2D eigenvalue weighted by atomic mass is 16.5. The normalized spacial score (nSPS) is 10.2. The molecular formula is C18H21NO2. The van der Waals surface area contributed by atoms with Crippen molar-refractivity contribution in [3.63, 3.8) is 0 Å². The van der Waals surface area contributed by atoms with Crippen LogP contribution in [0.2, 0.25) is 0 Å². The van der Waals surface area contributed by atoms with E-state index in [1.54, 1.807) is 7.11 Å². The molecule has 0 unspecified atom stereocenters. The van der Waals surface area contributed by atoms with Gasteiger partial charge in [-0.15, -0.1) is 0 Å². The Morgan fingerprint density at radius 2 is 1.90 bits per heavy atom. The molecule has 0 aromatic heterocycles. The quantitative estimate of drug-likeness (QED) is 0.904. The second-order valence-corrected chi connectivity index (χ2v) is 5.20. The SMILES string of the molecule is COc1cccc(NC(=O)CCc2ccc(C)c(C)c2)c1. The fourth-order valence-electron chi connectivity index (χ4n) is 2.14. The number of benzene rings is 2. The van der Waals surface area contributed by atoms with Gasteiger partial charge in [0.1, 0.15) is 5.75 Å². The van der Waals surface area contributed by atoms with Crippen molar-refractivity contribution in [2.45, 2.75) is 26.7 Å². The van der Waals surface area contributed by atoms with Crippen molar-refractivity contribution in [2.24, 2.45) is 0 Å². The van der Waals surface area contributed by atoms with Gasteiger partial charge in [0.15, 0.2) is 0 Å². The molecule has 0 saturated carbocycles. The van der Waals surface area contributed by atoms with Gasteiger partial charge in [-0.1, -0.05) is 24.3 Å². The van der Waals surface area contributed by atoms with E-state index < -0.39 is 0 Å². The van der Waals surface area contributed by atoms with Crippen LogP contribution in [0, 0.1) is 13.8 Å². The van der Waals surface area contributed by atoms with Crippen molar-refractivity contribution in [1.29, 1.82) is 0 Å². The molecule has 1 N–H and O–H groups in total. The summed E-state index contributed by atoms with van der Waals surface area (Å²) >= 11 is 0. The number of hydrogen-bond donors (Lipinski definition) is 1. The van der Waals surface area contributed by atoms with Crippen LogP contribution in [0.3, 0.4) is 0 Å². The molecule has 0 saturated heterocycles. The number of aryl methyl sites for hydroxylation is 3. The minimum Gasteiger partial charge on any atom is -0.497 e. The minimum atomic E-state index is 0.0153. The lowest BCUT2D eigenvalue weighted by Crippen LogP contribution is -2.12. The zero-order valence-corrected chi connectivity index (χ0v) is 12.8. The second-order valence-electron chi connectivity index (χ2n) is 5.20. The number of rotatable bonds is 5. The number of ether oxygens (including phenoxy) is 1. The van der Waals surface area contributed by atoms with E-state index in [1.165, 1.54) is 16.7 Å². The summed E-state index contributed by atoms with van der Waals surface area (Å²) in [5, 5.41) is 2.89. The molecule has 21 heavy (non-hydrogen) atoms. The van der Waals surface area contributed by atoms with Crippen LogP contribution in [0.1, 0.15) is 23.1 Å². The molecule has 0 aliphatic carbocycles. The van der Waals surface area contributed by atoms with Crippen LogP contribution >= 0.6 is 0 Å². The molecule has 1 amide bonds. The molecule has 3 nitrogen and oxygen atoms in total. The van der Waals surface area contributed by atoms with Crippen molar-refractivity contribution >= 4 is 11.6 Å². The van der Waals surface area contributed by atoms with E-state index in [0.29, 0.717) is 6.42 Å². The van der Waals surface area contributed by atoms with Crippen LogP contribution in [0.25, 0.3) is 0 Å². The monoisotopic (exact) mass is 283 g/mol. The van der Waals surface area contributed by atoms with E-state index in [1.807, 2.05) is 24.3 Å². The van der Waals surface area contributed by atoms with Gasteiger partial charge in [-0.25, -0.2) is 0 Å². The Kier molecular flexibility index (Phi) is 4.99. The predicted octanol–water partition coefficient (Wildman–Crippen LogP) is 3.88. The van der Waals surface area contributed by atoms with Crippen molar-refractivity contribution < 1.29 is 9.53 Å². The maximum Gasteiger partial charge on any atom is 0.224 e. The molecule has 0 fully saturated rings. The fraction of sp³-hybridized carbons (Fsp3) is 0.278. The molecule has 0 aliphatic heterocycles. The van der Waals surface area contributed by atoms with E-state index in [9.17, 15) is 4.79 Å². The molecule has 2 rings (SSSR count). The third-order valence-electron chi connectivity index (χ3n) is 3.57. The summed E-state index contributed by atoms with van der Waals surface area (Å²) in [7, 11) is 1.61. The Balaban J connectivity index is 1.90. The smallest absolute Gasteiger partial charge is 0.224 e. The third kappa shape index (κ3) is 4.35. The maximum atomic E-state index is 12.0. The summed E-state index contributed by atoms with van der Waals surface area (Å²) in [5.74, 6) is 0.753.